The van der Waals surface area contributed by atoms with Crippen LogP contribution in [0.1, 0.15) is 97.0 Å². The van der Waals surface area contributed by atoms with Crippen LogP contribution in [-0.2, 0) is 12.1 Å². The summed E-state index contributed by atoms with van der Waals surface area (Å²) >= 11 is 0. The molecule has 1 N–H and O–H groups in total. The first-order valence-electron chi connectivity index (χ1n) is 13.2. The van der Waals surface area contributed by atoms with Crippen molar-refractivity contribution in [3.8, 4) is 5.75 Å². The Balaban J connectivity index is 1.76. The number of benzene rings is 1. The number of hydrogen-bond donors (Lipinski definition) is 1. The number of aromatic amines is 1. The molecule has 2 heterocycles. The van der Waals surface area contributed by atoms with Gasteiger partial charge in [-0.15, -0.1) is 5.10 Å². The Labute approximate surface area is 208 Å². The van der Waals surface area contributed by atoms with E-state index >= 15 is 0 Å². The molecule has 1 atom stereocenters. The second-order valence-electron chi connectivity index (χ2n) is 10.3. The van der Waals surface area contributed by atoms with Crippen LogP contribution in [0.25, 0.3) is 10.9 Å². The predicted molar refractivity (Wildman–Crippen MR) is 139 cm³/mol. The van der Waals surface area contributed by atoms with Crippen molar-refractivity contribution in [2.75, 3.05) is 6.61 Å². The van der Waals surface area contributed by atoms with Crippen LogP contribution < -0.4 is 10.3 Å². The summed E-state index contributed by atoms with van der Waals surface area (Å²) in [5.41, 5.74) is 1.39. The number of tetrazole rings is 1. The van der Waals surface area contributed by atoms with E-state index in [2.05, 4.69) is 53.1 Å². The zero-order valence-electron chi connectivity index (χ0n) is 21.9. The van der Waals surface area contributed by atoms with Crippen LogP contribution in [0.15, 0.2) is 29.1 Å². The van der Waals surface area contributed by atoms with E-state index in [9.17, 15) is 4.79 Å². The van der Waals surface area contributed by atoms with Crippen LogP contribution in [0.4, 0.5) is 0 Å². The summed E-state index contributed by atoms with van der Waals surface area (Å²) < 4.78 is 7.70. The molecule has 0 amide bonds. The molecule has 1 fully saturated rings. The smallest absolute Gasteiger partial charge is 0.252 e. The molecular formula is C27H40N6O2. The quantitative estimate of drug-likeness (QED) is 0.398. The minimum absolute atomic E-state index is 0.0339. The maximum Gasteiger partial charge on any atom is 0.252 e. The molecular weight excluding hydrogens is 440 g/mol. The van der Waals surface area contributed by atoms with Gasteiger partial charge in [-0.05, 0) is 81.1 Å². The van der Waals surface area contributed by atoms with Gasteiger partial charge < -0.3 is 9.72 Å². The Kier molecular flexibility index (Phi) is 7.89. The number of ether oxygens (including phenoxy) is 1. The normalized spacial score (nSPS) is 15.8. The molecule has 0 radical (unpaired) electrons. The third kappa shape index (κ3) is 5.42. The number of nitrogens with zero attached hydrogens (tertiary/aromatic N) is 5. The van der Waals surface area contributed by atoms with Crippen molar-refractivity contribution in [1.82, 2.24) is 30.1 Å². The molecule has 3 aromatic rings. The van der Waals surface area contributed by atoms with Crippen molar-refractivity contribution >= 4 is 10.9 Å². The van der Waals surface area contributed by atoms with Crippen molar-refractivity contribution in [1.29, 1.82) is 0 Å². The van der Waals surface area contributed by atoms with Crippen LogP contribution in [0.2, 0.25) is 0 Å². The van der Waals surface area contributed by atoms with Crippen molar-refractivity contribution in [2.45, 2.75) is 104 Å². The molecule has 1 saturated carbocycles. The number of hydrogen-bond acceptors (Lipinski definition) is 6. The number of fused-ring (bicyclic) bond motifs is 1. The Bertz CT molecular complexity index is 1180. The van der Waals surface area contributed by atoms with E-state index in [1.807, 2.05) is 35.9 Å². The van der Waals surface area contributed by atoms with E-state index in [1.54, 1.807) is 0 Å². The third-order valence-electron chi connectivity index (χ3n) is 7.54. The van der Waals surface area contributed by atoms with E-state index in [0.29, 0.717) is 19.2 Å². The average Bonchev–Trinajstić information content (AvgIpc) is 3.55. The van der Waals surface area contributed by atoms with Crippen molar-refractivity contribution in [2.24, 2.45) is 0 Å². The van der Waals surface area contributed by atoms with E-state index in [-0.39, 0.29) is 17.1 Å². The molecule has 190 valence electrons. The highest BCUT2D eigenvalue weighted by Crippen LogP contribution is 2.36. The largest absolute Gasteiger partial charge is 0.494 e. The zero-order valence-corrected chi connectivity index (χ0v) is 21.9. The van der Waals surface area contributed by atoms with Crippen LogP contribution in [0.5, 0.6) is 5.75 Å². The number of pyridine rings is 1. The zero-order chi connectivity index (χ0) is 25.0. The molecule has 8 heteroatoms. The molecule has 4 rings (SSSR count). The van der Waals surface area contributed by atoms with Crippen molar-refractivity contribution in [3.63, 3.8) is 0 Å². The average molecular weight is 481 g/mol. The summed E-state index contributed by atoms with van der Waals surface area (Å²) in [5, 5.41) is 14.0. The Morgan fingerprint density at radius 1 is 1.20 bits per heavy atom. The molecule has 0 saturated heterocycles. The van der Waals surface area contributed by atoms with E-state index in [4.69, 9.17) is 4.74 Å². The lowest BCUT2D eigenvalue weighted by Gasteiger charge is -2.37. The van der Waals surface area contributed by atoms with Gasteiger partial charge in [-0.1, -0.05) is 33.1 Å². The number of H-pyrrole nitrogens is 1. The summed E-state index contributed by atoms with van der Waals surface area (Å²) in [7, 11) is 0. The van der Waals surface area contributed by atoms with E-state index < -0.39 is 0 Å². The van der Waals surface area contributed by atoms with E-state index in [1.165, 1.54) is 12.8 Å². The molecule has 0 aliphatic heterocycles. The second-order valence-corrected chi connectivity index (χ2v) is 10.3. The van der Waals surface area contributed by atoms with Gasteiger partial charge in [-0.2, -0.15) is 0 Å². The van der Waals surface area contributed by atoms with Gasteiger partial charge in [-0.25, -0.2) is 4.68 Å². The van der Waals surface area contributed by atoms with Gasteiger partial charge in [0, 0.05) is 29.1 Å². The predicted octanol–water partition coefficient (Wildman–Crippen LogP) is 5.34. The Morgan fingerprint density at radius 2 is 1.97 bits per heavy atom. The fraction of sp³-hybridized carbons (Fsp3) is 0.630. The van der Waals surface area contributed by atoms with Gasteiger partial charge in [0.05, 0.1) is 18.2 Å². The maximum atomic E-state index is 13.2. The van der Waals surface area contributed by atoms with Crippen LogP contribution in [-0.4, -0.2) is 42.7 Å². The number of nitrogens with one attached hydrogen (secondary N) is 1. The summed E-state index contributed by atoms with van der Waals surface area (Å²) in [6.45, 7) is 11.9. The summed E-state index contributed by atoms with van der Waals surface area (Å²) in [6.07, 6.45) is 7.60. The monoisotopic (exact) mass is 480 g/mol. The number of rotatable bonds is 11. The highest BCUT2D eigenvalue weighted by atomic mass is 16.5. The lowest BCUT2D eigenvalue weighted by atomic mass is 9.99. The highest BCUT2D eigenvalue weighted by molar-refractivity contribution is 5.80. The van der Waals surface area contributed by atoms with Gasteiger partial charge >= 0.3 is 0 Å². The van der Waals surface area contributed by atoms with Crippen LogP contribution in [0, 0.1) is 0 Å². The first-order chi connectivity index (χ1) is 16.9. The van der Waals surface area contributed by atoms with Crippen LogP contribution in [0.3, 0.4) is 0 Å². The van der Waals surface area contributed by atoms with Gasteiger partial charge in [0.15, 0.2) is 5.82 Å². The minimum atomic E-state index is -0.178. The van der Waals surface area contributed by atoms with E-state index in [0.717, 1.165) is 60.1 Å². The standard InChI is InChI=1S/C27H40N6O2/c1-6-11-24(25-29-30-31-33(25)27(4,5)7-2)32(21-12-9-10-13-21)18-20-16-19-17-22(35-8-3)14-15-23(19)28-26(20)34/h14-17,21,24H,6-13,18H2,1-5H3,(H,28,34)/t24-/m1/s1. The first-order valence-corrected chi connectivity index (χ1v) is 13.2. The van der Waals surface area contributed by atoms with Crippen LogP contribution >= 0.6 is 0 Å². The molecule has 1 aromatic carbocycles. The molecule has 0 spiro atoms. The maximum absolute atomic E-state index is 13.2. The third-order valence-corrected chi connectivity index (χ3v) is 7.54. The minimum Gasteiger partial charge on any atom is -0.494 e. The molecule has 8 nitrogen and oxygen atoms in total. The fourth-order valence-electron chi connectivity index (χ4n) is 5.23. The summed E-state index contributed by atoms with van der Waals surface area (Å²) in [6, 6.07) is 8.31. The molecule has 1 aliphatic carbocycles. The second kappa shape index (κ2) is 10.9. The van der Waals surface area contributed by atoms with Crippen molar-refractivity contribution in [3.05, 3.63) is 46.0 Å². The topological polar surface area (TPSA) is 88.9 Å². The molecule has 1 aliphatic rings. The Hall–Kier alpha value is -2.74. The first kappa shape index (κ1) is 25.4. The van der Waals surface area contributed by atoms with Gasteiger partial charge in [0.25, 0.3) is 5.56 Å². The molecule has 2 aromatic heterocycles. The number of aromatic nitrogens is 5. The lowest BCUT2D eigenvalue weighted by molar-refractivity contribution is 0.102. The van der Waals surface area contributed by atoms with Gasteiger partial charge in [0.1, 0.15) is 5.75 Å². The summed E-state index contributed by atoms with van der Waals surface area (Å²) in [5.74, 6) is 1.72. The van der Waals surface area contributed by atoms with Crippen molar-refractivity contribution < 1.29 is 4.74 Å². The highest BCUT2D eigenvalue weighted by Gasteiger charge is 2.35. The molecule has 0 unspecified atom stereocenters. The van der Waals surface area contributed by atoms with Gasteiger partial charge in [-0.3, -0.25) is 9.69 Å². The molecule has 35 heavy (non-hydrogen) atoms. The molecule has 0 bridgehead atoms. The van der Waals surface area contributed by atoms with Gasteiger partial charge in [0.2, 0.25) is 0 Å². The Morgan fingerprint density at radius 3 is 2.66 bits per heavy atom. The summed E-state index contributed by atoms with van der Waals surface area (Å²) in [4.78, 5) is 18.8. The SMILES string of the molecule is CCC[C@H](c1nnnn1C(C)(C)CC)N(Cc1cc2cc(OCC)ccc2[nH]c1=O)C1CCCC1. The lowest BCUT2D eigenvalue weighted by Crippen LogP contribution is -2.41. The fourth-order valence-corrected chi connectivity index (χ4v) is 5.23.